The molecule has 0 amide bonds. The Morgan fingerprint density at radius 3 is 2.61 bits per heavy atom. The van der Waals surface area contributed by atoms with Gasteiger partial charge in [-0.15, -0.1) is 0 Å². The molecule has 1 fully saturated rings. The maximum absolute atomic E-state index is 11.1. The molecular weight excluding hydrogens is 599 g/mol. The predicted molar refractivity (Wildman–Crippen MR) is 140 cm³/mol. The van der Waals surface area contributed by atoms with Gasteiger partial charge in [0.1, 0.15) is 5.82 Å². The van der Waals surface area contributed by atoms with Gasteiger partial charge in [0, 0.05) is 39.8 Å². The summed E-state index contributed by atoms with van der Waals surface area (Å²) in [5.74, 6) is 6.92. The Bertz CT molecular complexity index is 1110. The molecule has 2 aliphatic rings. The molecule has 0 unspecified atom stereocenters. The predicted octanol–water partition coefficient (Wildman–Crippen LogP) is 4.62. The van der Waals surface area contributed by atoms with Crippen molar-refractivity contribution in [3.05, 3.63) is 64.3 Å². The molecule has 0 atom stereocenters. The first-order chi connectivity index (χ1) is 15.9. The third kappa shape index (κ3) is 5.17. The number of alkyl halides is 1. The Morgan fingerprint density at radius 2 is 1.97 bits per heavy atom. The van der Waals surface area contributed by atoms with Gasteiger partial charge in [0.05, 0.1) is 16.4 Å². The van der Waals surface area contributed by atoms with Gasteiger partial charge in [-0.05, 0) is 59.7 Å². The van der Waals surface area contributed by atoms with E-state index in [-0.39, 0.29) is 24.1 Å². The molecule has 5 N–H and O–H groups in total. The molecule has 0 spiro atoms. The van der Waals surface area contributed by atoms with Gasteiger partial charge < -0.3 is 10.4 Å². The van der Waals surface area contributed by atoms with Crippen molar-refractivity contribution in [2.75, 3.05) is 4.43 Å². The average Bonchev–Trinajstić information content (AvgIpc) is 3.30. The van der Waals surface area contributed by atoms with Crippen molar-refractivity contribution in [1.29, 1.82) is 5.41 Å². The monoisotopic (exact) mass is 624 g/mol. The van der Waals surface area contributed by atoms with Crippen molar-refractivity contribution in [3.8, 4) is 5.69 Å². The van der Waals surface area contributed by atoms with Crippen molar-refractivity contribution in [2.45, 2.75) is 32.1 Å². The Labute approximate surface area is 214 Å². The Kier molecular flexibility index (Phi) is 7.55. The summed E-state index contributed by atoms with van der Waals surface area (Å²) in [7, 11) is 0. The highest BCUT2D eigenvalue weighted by molar-refractivity contribution is 14.1. The van der Waals surface area contributed by atoms with Crippen LogP contribution in [0.1, 0.15) is 37.7 Å². The fourth-order valence-electron chi connectivity index (χ4n) is 4.47. The molecule has 0 saturated heterocycles. The number of hydrogen-bond acceptors (Lipinski definition) is 5. The Balaban J connectivity index is 1.62. The highest BCUT2D eigenvalue weighted by Gasteiger charge is 2.33. The number of rotatable bonds is 6. The zero-order valence-electron chi connectivity index (χ0n) is 18.0. The van der Waals surface area contributed by atoms with E-state index in [1.807, 2.05) is 47.4 Å². The quantitative estimate of drug-likeness (QED) is 0.212. The number of nitrogens with zero attached hydrogens (tertiary/aromatic N) is 3. The highest BCUT2D eigenvalue weighted by Crippen LogP contribution is 2.39. The number of halogens is 2. The van der Waals surface area contributed by atoms with Crippen molar-refractivity contribution in [3.63, 3.8) is 0 Å². The van der Waals surface area contributed by atoms with Crippen LogP contribution in [0.4, 0.5) is 0 Å². The number of nitrogens with one attached hydrogen (secondary N) is 2. The van der Waals surface area contributed by atoms with E-state index in [9.17, 15) is 4.79 Å². The standard InChI is InChI=1S/C23H26BrIN6O2/c24-20-21(15-8-6-14(7-9-15)10-19(32)33)29-23(31(27)22(20)26)18(11-25)16-12-28-30(13-16)17-4-2-1-3-5-17/h1-5,12-15,26,29H,6-11,27H2,(H,32,33)/b23-18+,26-22?. The smallest absolute Gasteiger partial charge is 0.303 e. The first-order valence-electron chi connectivity index (χ1n) is 10.8. The fourth-order valence-corrected chi connectivity index (χ4v) is 5.89. The number of benzene rings is 1. The molecule has 1 aliphatic carbocycles. The number of carboxylic acids is 1. The summed E-state index contributed by atoms with van der Waals surface area (Å²) in [5.41, 5.74) is 3.81. The molecule has 2 heterocycles. The number of carboxylic acid groups (broad SMARTS) is 1. The fraction of sp³-hybridized carbons (Fsp3) is 0.348. The number of hydrogen-bond donors (Lipinski definition) is 4. The largest absolute Gasteiger partial charge is 0.481 e. The van der Waals surface area contributed by atoms with Gasteiger partial charge in [0.15, 0.2) is 5.84 Å². The van der Waals surface area contributed by atoms with Crippen molar-refractivity contribution >= 4 is 55.9 Å². The highest BCUT2D eigenvalue weighted by atomic mass is 127. The molecule has 1 saturated carbocycles. The van der Waals surface area contributed by atoms with E-state index in [0.29, 0.717) is 14.7 Å². The molecule has 33 heavy (non-hydrogen) atoms. The molecule has 1 aromatic heterocycles. The summed E-state index contributed by atoms with van der Waals surface area (Å²) in [4.78, 5) is 11.1. The molecule has 2 aromatic rings. The van der Waals surface area contributed by atoms with Crippen LogP contribution in [0.25, 0.3) is 11.3 Å². The van der Waals surface area contributed by atoms with Crippen molar-refractivity contribution in [2.24, 2.45) is 17.7 Å². The van der Waals surface area contributed by atoms with Crippen LogP contribution in [-0.2, 0) is 4.79 Å². The van der Waals surface area contributed by atoms with Gasteiger partial charge in [-0.25, -0.2) is 15.5 Å². The molecule has 0 radical (unpaired) electrons. The summed E-state index contributed by atoms with van der Waals surface area (Å²) in [6.45, 7) is 0. The third-order valence-electron chi connectivity index (χ3n) is 6.27. The number of aliphatic carboxylic acids is 1. The summed E-state index contributed by atoms with van der Waals surface area (Å²) in [5, 5.41) is 27.1. The van der Waals surface area contributed by atoms with Crippen LogP contribution in [-0.4, -0.2) is 36.1 Å². The van der Waals surface area contributed by atoms with Gasteiger partial charge >= 0.3 is 5.97 Å². The SMILES string of the molecule is N=C1C(Br)=C(C2CCC(CC(=O)O)CC2)N/C(=C(/CI)c2cnn(-c3ccccc3)c2)N1N. The second-order valence-electron chi connectivity index (χ2n) is 8.36. The minimum atomic E-state index is -0.733. The lowest BCUT2D eigenvalue weighted by Crippen LogP contribution is -2.48. The van der Waals surface area contributed by atoms with Gasteiger partial charge in [-0.1, -0.05) is 40.8 Å². The number of amidine groups is 1. The van der Waals surface area contributed by atoms with Gasteiger partial charge in [0.2, 0.25) is 0 Å². The minimum Gasteiger partial charge on any atom is -0.481 e. The van der Waals surface area contributed by atoms with Crippen LogP contribution in [0.15, 0.2) is 58.7 Å². The Hall–Kier alpha value is -2.18. The summed E-state index contributed by atoms with van der Waals surface area (Å²) in [6.07, 6.45) is 7.51. The van der Waals surface area contributed by atoms with E-state index in [0.717, 1.165) is 48.2 Å². The Morgan fingerprint density at radius 1 is 1.27 bits per heavy atom. The molecular formula is C23H26BrIN6O2. The van der Waals surface area contributed by atoms with E-state index < -0.39 is 5.97 Å². The number of hydrazine groups is 1. The minimum absolute atomic E-state index is 0.198. The number of nitrogens with two attached hydrogens (primary N) is 1. The number of aromatic nitrogens is 2. The normalized spacial score (nSPS) is 22.9. The second kappa shape index (κ2) is 10.4. The number of allylic oxidation sites excluding steroid dienone is 2. The van der Waals surface area contributed by atoms with E-state index in [1.165, 1.54) is 5.01 Å². The lowest BCUT2D eigenvalue weighted by atomic mass is 9.78. The van der Waals surface area contributed by atoms with Gasteiger partial charge in [-0.2, -0.15) is 5.10 Å². The lowest BCUT2D eigenvalue weighted by molar-refractivity contribution is -0.138. The zero-order chi connectivity index (χ0) is 23.5. The van der Waals surface area contributed by atoms with E-state index in [2.05, 4.69) is 48.9 Å². The third-order valence-corrected chi connectivity index (χ3v) is 7.83. The van der Waals surface area contributed by atoms with Crippen molar-refractivity contribution < 1.29 is 9.90 Å². The molecule has 1 aliphatic heterocycles. The lowest BCUT2D eigenvalue weighted by Gasteiger charge is -2.37. The van der Waals surface area contributed by atoms with E-state index in [4.69, 9.17) is 16.4 Å². The molecule has 4 rings (SSSR count). The van der Waals surface area contributed by atoms with E-state index in [1.54, 1.807) is 0 Å². The average molecular weight is 625 g/mol. The molecule has 0 bridgehead atoms. The summed E-state index contributed by atoms with van der Waals surface area (Å²) < 4.78 is 3.16. The van der Waals surface area contributed by atoms with Crippen LogP contribution in [0, 0.1) is 17.2 Å². The number of para-hydroxylation sites is 1. The first-order valence-corrected chi connectivity index (χ1v) is 13.1. The molecule has 174 valence electrons. The first kappa shape index (κ1) is 24.0. The van der Waals surface area contributed by atoms with Crippen LogP contribution < -0.4 is 11.2 Å². The topological polar surface area (TPSA) is 120 Å². The number of carbonyl (C=O) groups is 1. The molecule has 10 heteroatoms. The van der Waals surface area contributed by atoms with Crippen LogP contribution >= 0.6 is 38.5 Å². The summed E-state index contributed by atoms with van der Waals surface area (Å²) in [6, 6.07) is 9.91. The zero-order valence-corrected chi connectivity index (χ0v) is 21.7. The maximum Gasteiger partial charge on any atom is 0.303 e. The molecule has 1 aromatic carbocycles. The maximum atomic E-state index is 11.1. The van der Waals surface area contributed by atoms with Crippen molar-refractivity contribution in [1.82, 2.24) is 20.1 Å². The van der Waals surface area contributed by atoms with E-state index >= 15 is 0 Å². The van der Waals surface area contributed by atoms with Crippen LogP contribution in [0.2, 0.25) is 0 Å². The summed E-state index contributed by atoms with van der Waals surface area (Å²) >= 11 is 5.88. The van der Waals surface area contributed by atoms with Crippen LogP contribution in [0.5, 0.6) is 0 Å². The second-order valence-corrected chi connectivity index (χ2v) is 9.91. The molecule has 8 nitrogen and oxygen atoms in total. The van der Waals surface area contributed by atoms with Gasteiger partial charge in [-0.3, -0.25) is 10.2 Å². The van der Waals surface area contributed by atoms with Gasteiger partial charge in [0.25, 0.3) is 0 Å². The van der Waals surface area contributed by atoms with Crippen LogP contribution in [0.3, 0.4) is 0 Å².